The first-order valence-electron chi connectivity index (χ1n) is 8.51. The first-order chi connectivity index (χ1) is 11.1. The molecule has 5 nitrogen and oxygen atoms in total. The molecule has 2 N–H and O–H groups in total. The molecule has 0 unspecified atom stereocenters. The highest BCUT2D eigenvalue weighted by Gasteiger charge is 2.24. The van der Waals surface area contributed by atoms with Gasteiger partial charge in [0.2, 0.25) is 10.0 Å². The Bertz CT molecular complexity index is 699. The number of amides is 1. The first-order valence-corrected chi connectivity index (χ1v) is 10.00. The van der Waals surface area contributed by atoms with Crippen LogP contribution < -0.4 is 10.0 Å². The summed E-state index contributed by atoms with van der Waals surface area (Å²) in [5.74, 6) is 0.343. The average molecular weight is 353 g/mol. The first kappa shape index (κ1) is 18.9. The number of carbonyl (C=O) groups is 1. The number of benzene rings is 1. The van der Waals surface area contributed by atoms with Crippen LogP contribution in [0.2, 0.25) is 0 Å². The normalized spacial score (nSPS) is 16.3. The number of hydrogen-bond acceptors (Lipinski definition) is 3. The van der Waals surface area contributed by atoms with E-state index >= 15 is 0 Å². The molecule has 0 saturated heterocycles. The summed E-state index contributed by atoms with van der Waals surface area (Å²) in [6.45, 7) is 7.84. The average Bonchev–Trinajstić information content (AvgIpc) is 2.95. The summed E-state index contributed by atoms with van der Waals surface area (Å²) in [5.41, 5.74) is 0.618. The number of carbonyl (C=O) groups excluding carboxylic acids is 1. The van der Waals surface area contributed by atoms with Crippen molar-refractivity contribution in [3.8, 4) is 0 Å². The van der Waals surface area contributed by atoms with Gasteiger partial charge in [0.05, 0.1) is 4.90 Å². The molecule has 0 bridgehead atoms. The van der Waals surface area contributed by atoms with Crippen molar-refractivity contribution in [1.29, 1.82) is 0 Å². The summed E-state index contributed by atoms with van der Waals surface area (Å²) in [5, 5.41) is 2.95. The smallest absolute Gasteiger partial charge is 0.251 e. The van der Waals surface area contributed by atoms with Gasteiger partial charge in [0, 0.05) is 17.6 Å². The topological polar surface area (TPSA) is 75.3 Å². The lowest BCUT2D eigenvalue weighted by atomic mass is 10.1. The van der Waals surface area contributed by atoms with Gasteiger partial charge in [-0.25, -0.2) is 13.1 Å². The molecule has 1 amide bonds. The Balaban J connectivity index is 2.17. The maximum absolute atomic E-state index is 12.5. The highest BCUT2D eigenvalue weighted by Crippen LogP contribution is 2.24. The predicted molar refractivity (Wildman–Crippen MR) is 95.5 cm³/mol. The van der Waals surface area contributed by atoms with Crippen LogP contribution in [-0.2, 0) is 10.0 Å². The highest BCUT2D eigenvalue weighted by atomic mass is 32.2. The van der Waals surface area contributed by atoms with Crippen LogP contribution in [0.3, 0.4) is 0 Å². The fourth-order valence-electron chi connectivity index (χ4n) is 3.02. The van der Waals surface area contributed by atoms with E-state index in [-0.39, 0.29) is 10.8 Å². The van der Waals surface area contributed by atoms with E-state index in [1.807, 2.05) is 6.92 Å². The van der Waals surface area contributed by atoms with Crippen molar-refractivity contribution in [2.24, 2.45) is 5.92 Å². The van der Waals surface area contributed by atoms with Gasteiger partial charge in [-0.2, -0.15) is 0 Å². The second-order valence-electron chi connectivity index (χ2n) is 7.69. The molecular weight excluding hydrogens is 324 g/mol. The molecule has 0 heterocycles. The zero-order valence-corrected chi connectivity index (χ0v) is 15.8. The molecule has 0 spiro atoms. The minimum Gasteiger partial charge on any atom is -0.352 e. The predicted octanol–water partition coefficient (Wildman–Crippen LogP) is 2.99. The molecule has 134 valence electrons. The third kappa shape index (κ3) is 5.05. The van der Waals surface area contributed by atoms with Gasteiger partial charge in [0.25, 0.3) is 5.91 Å². The number of sulfonamides is 1. The minimum absolute atomic E-state index is 0.119. The lowest BCUT2D eigenvalue weighted by Crippen LogP contribution is -2.40. The Morgan fingerprint density at radius 3 is 2.42 bits per heavy atom. The van der Waals surface area contributed by atoms with Gasteiger partial charge in [-0.15, -0.1) is 0 Å². The lowest BCUT2D eigenvalue weighted by Gasteiger charge is -2.21. The fourth-order valence-corrected chi connectivity index (χ4v) is 4.47. The number of rotatable bonds is 5. The summed E-state index contributed by atoms with van der Waals surface area (Å²) in [6, 6.07) is 4.69. The summed E-state index contributed by atoms with van der Waals surface area (Å²) < 4.78 is 27.5. The molecule has 1 fully saturated rings. The second kappa shape index (κ2) is 7.23. The molecule has 0 atom stereocenters. The van der Waals surface area contributed by atoms with E-state index in [0.717, 1.165) is 18.4 Å². The van der Waals surface area contributed by atoms with Crippen molar-refractivity contribution in [3.63, 3.8) is 0 Å². The summed E-state index contributed by atoms with van der Waals surface area (Å²) in [4.78, 5) is 12.6. The largest absolute Gasteiger partial charge is 0.352 e. The standard InChI is InChI=1S/C18H28N2O3S/c1-13-9-10-15(24(22,23)20-18(2,3)4)11-16(13)17(21)19-12-14-7-5-6-8-14/h9-11,14,20H,5-8,12H2,1-4H3,(H,19,21). The van der Waals surface area contributed by atoms with E-state index in [9.17, 15) is 13.2 Å². The molecule has 1 aliphatic carbocycles. The molecule has 1 saturated carbocycles. The van der Waals surface area contributed by atoms with Crippen molar-refractivity contribution in [3.05, 3.63) is 29.3 Å². The number of nitrogens with one attached hydrogen (secondary N) is 2. The minimum atomic E-state index is -3.65. The zero-order chi connectivity index (χ0) is 18.0. The maximum atomic E-state index is 12.5. The Labute approximate surface area is 145 Å². The van der Waals surface area contributed by atoms with Crippen molar-refractivity contribution >= 4 is 15.9 Å². The van der Waals surface area contributed by atoms with E-state index in [2.05, 4.69) is 10.0 Å². The van der Waals surface area contributed by atoms with Crippen LogP contribution >= 0.6 is 0 Å². The Morgan fingerprint density at radius 1 is 1.21 bits per heavy atom. The van der Waals surface area contributed by atoms with Crippen molar-refractivity contribution in [2.75, 3.05) is 6.54 Å². The van der Waals surface area contributed by atoms with Crippen LogP contribution in [0.4, 0.5) is 0 Å². The number of aryl methyl sites for hydroxylation is 1. The molecule has 1 aromatic rings. The maximum Gasteiger partial charge on any atom is 0.251 e. The van der Waals surface area contributed by atoms with Gasteiger partial charge in [0.15, 0.2) is 0 Å². The fraction of sp³-hybridized carbons (Fsp3) is 0.611. The molecule has 1 aliphatic rings. The van der Waals surface area contributed by atoms with E-state index < -0.39 is 15.6 Å². The van der Waals surface area contributed by atoms with Crippen LogP contribution in [0.15, 0.2) is 23.1 Å². The van der Waals surface area contributed by atoms with E-state index in [1.165, 1.54) is 25.0 Å². The van der Waals surface area contributed by atoms with Crippen LogP contribution in [-0.4, -0.2) is 26.4 Å². The molecule has 0 radical (unpaired) electrons. The second-order valence-corrected chi connectivity index (χ2v) is 9.38. The summed E-state index contributed by atoms with van der Waals surface area (Å²) in [7, 11) is -3.65. The van der Waals surface area contributed by atoms with Crippen LogP contribution in [0, 0.1) is 12.8 Å². The van der Waals surface area contributed by atoms with E-state index in [1.54, 1.807) is 26.8 Å². The molecule has 1 aromatic carbocycles. The Hall–Kier alpha value is -1.40. The molecule has 6 heteroatoms. The highest BCUT2D eigenvalue weighted by molar-refractivity contribution is 7.89. The van der Waals surface area contributed by atoms with Crippen molar-refractivity contribution < 1.29 is 13.2 Å². The Morgan fingerprint density at radius 2 is 1.83 bits per heavy atom. The van der Waals surface area contributed by atoms with Crippen molar-refractivity contribution in [2.45, 2.75) is 63.8 Å². The lowest BCUT2D eigenvalue weighted by molar-refractivity contribution is 0.0946. The van der Waals surface area contributed by atoms with Crippen LogP contribution in [0.25, 0.3) is 0 Å². The molecule has 24 heavy (non-hydrogen) atoms. The molecule has 0 aromatic heterocycles. The van der Waals surface area contributed by atoms with Crippen LogP contribution in [0.5, 0.6) is 0 Å². The van der Waals surface area contributed by atoms with E-state index in [0.29, 0.717) is 18.0 Å². The number of hydrogen-bond donors (Lipinski definition) is 2. The van der Waals surface area contributed by atoms with Gasteiger partial charge in [-0.05, 0) is 64.2 Å². The molecule has 2 rings (SSSR count). The SMILES string of the molecule is Cc1ccc(S(=O)(=O)NC(C)(C)C)cc1C(=O)NCC1CCCC1. The van der Waals surface area contributed by atoms with Gasteiger partial charge < -0.3 is 5.32 Å². The molecule has 0 aliphatic heterocycles. The quantitative estimate of drug-likeness (QED) is 0.855. The zero-order valence-electron chi connectivity index (χ0n) is 15.0. The third-order valence-corrected chi connectivity index (χ3v) is 5.99. The Kier molecular flexibility index (Phi) is 5.71. The van der Waals surface area contributed by atoms with Gasteiger partial charge in [0.1, 0.15) is 0 Å². The van der Waals surface area contributed by atoms with Gasteiger partial charge >= 0.3 is 0 Å². The third-order valence-electron chi connectivity index (χ3n) is 4.23. The van der Waals surface area contributed by atoms with Crippen molar-refractivity contribution in [1.82, 2.24) is 10.0 Å². The molecular formula is C18H28N2O3S. The summed E-state index contributed by atoms with van der Waals surface area (Å²) in [6.07, 6.45) is 4.77. The summed E-state index contributed by atoms with van der Waals surface area (Å²) >= 11 is 0. The van der Waals surface area contributed by atoms with Gasteiger partial charge in [-0.3, -0.25) is 4.79 Å². The monoisotopic (exact) mass is 352 g/mol. The van der Waals surface area contributed by atoms with E-state index in [4.69, 9.17) is 0 Å². The van der Waals surface area contributed by atoms with Crippen LogP contribution in [0.1, 0.15) is 62.4 Å². The van der Waals surface area contributed by atoms with Gasteiger partial charge in [-0.1, -0.05) is 18.9 Å².